The number of anilines is 1. The Hall–Kier alpha value is -3.45. The normalized spacial score (nSPS) is 24.9. The molecule has 4 atom stereocenters. The van der Waals surface area contributed by atoms with Crippen molar-refractivity contribution in [2.24, 2.45) is 0 Å². The predicted octanol–water partition coefficient (Wildman–Crippen LogP) is -0.908. The minimum Gasteiger partial charge on any atom is -0.508 e. The summed E-state index contributed by atoms with van der Waals surface area (Å²) in [4.78, 5) is 22.4. The summed E-state index contributed by atoms with van der Waals surface area (Å²) in [6, 6.07) is 4.91. The van der Waals surface area contributed by atoms with Crippen LogP contribution < -0.4 is 21.3 Å². The molecule has 1 fully saturated rings. The van der Waals surface area contributed by atoms with Gasteiger partial charge in [0.2, 0.25) is 5.95 Å². The number of aliphatic hydroxyl groups excluding tert-OH is 2. The third-order valence-corrected chi connectivity index (χ3v) is 5.53. The van der Waals surface area contributed by atoms with Crippen molar-refractivity contribution in [3.8, 4) is 11.5 Å². The van der Waals surface area contributed by atoms with Gasteiger partial charge in [0, 0.05) is 18.7 Å². The van der Waals surface area contributed by atoms with E-state index in [-0.39, 0.29) is 29.4 Å². The van der Waals surface area contributed by atoms with E-state index >= 15 is 0 Å². The first-order chi connectivity index (χ1) is 15.4. The Morgan fingerprint density at radius 1 is 1.31 bits per heavy atom. The Labute approximate surface area is 180 Å². The average Bonchev–Trinajstić information content (AvgIpc) is 3.29. The number of ether oxygens (including phenoxy) is 2. The highest BCUT2D eigenvalue weighted by atomic mass is 16.6. The summed E-state index contributed by atoms with van der Waals surface area (Å²) in [5.41, 5.74) is 7.06. The molecule has 7 N–H and O–H groups in total. The number of nitrogens with zero attached hydrogens (tertiary/aromatic N) is 3. The van der Waals surface area contributed by atoms with Crippen LogP contribution in [-0.2, 0) is 4.74 Å². The van der Waals surface area contributed by atoms with Crippen molar-refractivity contribution in [2.45, 2.75) is 24.5 Å². The first kappa shape index (κ1) is 20.5. The van der Waals surface area contributed by atoms with Crippen LogP contribution in [0.25, 0.3) is 17.2 Å². The number of H-pyrrole nitrogens is 1. The maximum absolute atomic E-state index is 12.0. The van der Waals surface area contributed by atoms with E-state index in [1.54, 1.807) is 18.2 Å². The highest BCUT2D eigenvalue weighted by Gasteiger charge is 2.44. The summed E-state index contributed by atoms with van der Waals surface area (Å²) in [6.45, 7) is 1.11. The van der Waals surface area contributed by atoms with Gasteiger partial charge in [0.1, 0.15) is 36.4 Å². The number of nitrogens with two attached hydrogens (primary N) is 1. The number of aliphatic hydroxyl groups is 2. The van der Waals surface area contributed by atoms with E-state index in [0.29, 0.717) is 18.9 Å². The number of imidazole rings is 1. The van der Waals surface area contributed by atoms with Crippen LogP contribution in [0, 0.1) is 0 Å². The molecule has 1 saturated heterocycles. The van der Waals surface area contributed by atoms with Gasteiger partial charge in [-0.05, 0) is 29.8 Å². The van der Waals surface area contributed by atoms with E-state index < -0.39 is 30.1 Å². The minimum absolute atomic E-state index is 0.0571. The van der Waals surface area contributed by atoms with Crippen LogP contribution in [0.15, 0.2) is 34.9 Å². The van der Waals surface area contributed by atoms with Crippen molar-refractivity contribution < 1.29 is 24.8 Å². The van der Waals surface area contributed by atoms with Crippen molar-refractivity contribution in [3.63, 3.8) is 0 Å². The molecule has 0 aliphatic carbocycles. The lowest BCUT2D eigenvalue weighted by molar-refractivity contribution is -0.0340. The van der Waals surface area contributed by atoms with Gasteiger partial charge in [0.15, 0.2) is 17.4 Å². The number of rotatable bonds is 5. The number of aromatic nitrogens is 4. The molecule has 3 aromatic rings. The molecule has 0 spiro atoms. The third-order valence-electron chi connectivity index (χ3n) is 5.53. The number of phenolic OH excluding ortho intramolecular Hbond substituents is 1. The number of benzene rings is 1. The van der Waals surface area contributed by atoms with Gasteiger partial charge in [0.25, 0.3) is 5.56 Å². The SMILES string of the molecule is Nc1nc2c(ncn2[C@@H]2O[C@H](CNCC3=Cc4cc(O)ccc4OC3)[C@@H](O)[C@H]2O)c(=O)[nH]1. The van der Waals surface area contributed by atoms with Gasteiger partial charge in [-0.15, -0.1) is 0 Å². The predicted molar refractivity (Wildman–Crippen MR) is 113 cm³/mol. The number of fused-ring (bicyclic) bond motifs is 2. The molecule has 0 saturated carbocycles. The second-order valence-corrected chi connectivity index (χ2v) is 7.77. The van der Waals surface area contributed by atoms with Crippen LogP contribution in [-0.4, -0.2) is 72.8 Å². The summed E-state index contributed by atoms with van der Waals surface area (Å²) >= 11 is 0. The summed E-state index contributed by atoms with van der Waals surface area (Å²) in [5.74, 6) is 0.770. The Morgan fingerprint density at radius 2 is 2.16 bits per heavy atom. The van der Waals surface area contributed by atoms with Gasteiger partial charge in [-0.25, -0.2) is 4.98 Å². The third kappa shape index (κ3) is 3.58. The number of hydrogen-bond donors (Lipinski definition) is 6. The first-order valence-corrected chi connectivity index (χ1v) is 10.0. The van der Waals surface area contributed by atoms with Gasteiger partial charge in [0.05, 0.1) is 6.33 Å². The van der Waals surface area contributed by atoms with Gasteiger partial charge < -0.3 is 35.8 Å². The van der Waals surface area contributed by atoms with Gasteiger partial charge >= 0.3 is 0 Å². The molecule has 12 nitrogen and oxygen atoms in total. The van der Waals surface area contributed by atoms with Crippen LogP contribution in [0.1, 0.15) is 11.8 Å². The molecule has 0 radical (unpaired) electrons. The maximum atomic E-state index is 12.0. The fraction of sp³-hybridized carbons (Fsp3) is 0.350. The standard InChI is InChI=1S/C20H22N6O6/c21-20-24-17-14(18(30)25-20)23-8-26(17)19-16(29)15(28)13(32-19)6-22-5-9-3-10-4-11(27)1-2-12(10)31-7-9/h1-4,8,13,15-16,19,22,27-29H,5-7H2,(H3,21,24,25,30)/t13-,15-,16-,19-/m1/s1. The van der Waals surface area contributed by atoms with E-state index in [4.69, 9.17) is 15.2 Å². The van der Waals surface area contributed by atoms with Gasteiger partial charge in [-0.3, -0.25) is 14.3 Å². The van der Waals surface area contributed by atoms with Crippen LogP contribution in [0.3, 0.4) is 0 Å². The van der Waals surface area contributed by atoms with Crippen molar-refractivity contribution in [1.82, 2.24) is 24.8 Å². The van der Waals surface area contributed by atoms with Gasteiger partial charge in [-0.1, -0.05) is 0 Å². The molecule has 32 heavy (non-hydrogen) atoms. The molecular weight excluding hydrogens is 420 g/mol. The zero-order chi connectivity index (χ0) is 22.4. The Morgan fingerprint density at radius 3 is 3.00 bits per heavy atom. The summed E-state index contributed by atoms with van der Waals surface area (Å²) < 4.78 is 12.9. The molecule has 0 bridgehead atoms. The zero-order valence-electron chi connectivity index (χ0n) is 16.8. The number of aromatic hydroxyl groups is 1. The van der Waals surface area contributed by atoms with E-state index in [0.717, 1.165) is 11.1 Å². The number of phenols is 1. The molecule has 0 unspecified atom stereocenters. The molecule has 0 amide bonds. The number of nitrogens with one attached hydrogen (secondary N) is 2. The minimum atomic E-state index is -1.26. The summed E-state index contributed by atoms with van der Waals surface area (Å²) in [7, 11) is 0. The van der Waals surface area contributed by atoms with E-state index in [2.05, 4.69) is 20.3 Å². The quantitative estimate of drug-likeness (QED) is 0.289. The molecule has 5 rings (SSSR count). The zero-order valence-corrected chi connectivity index (χ0v) is 16.8. The second kappa shape index (κ2) is 7.91. The smallest absolute Gasteiger partial charge is 0.280 e. The number of hydrogen-bond acceptors (Lipinski definition) is 10. The molecule has 2 aliphatic heterocycles. The summed E-state index contributed by atoms with van der Waals surface area (Å²) in [5, 5.41) is 33.8. The lowest BCUT2D eigenvalue weighted by atomic mass is 10.1. The molecule has 2 aromatic heterocycles. The van der Waals surface area contributed by atoms with Crippen molar-refractivity contribution in [2.75, 3.05) is 25.4 Å². The highest BCUT2D eigenvalue weighted by molar-refractivity contribution is 5.70. The average molecular weight is 442 g/mol. The van der Waals surface area contributed by atoms with E-state index in [1.165, 1.54) is 10.9 Å². The number of aromatic amines is 1. The van der Waals surface area contributed by atoms with Crippen LogP contribution >= 0.6 is 0 Å². The van der Waals surface area contributed by atoms with Crippen LogP contribution in [0.4, 0.5) is 5.95 Å². The topological polar surface area (TPSA) is 181 Å². The Kier molecular flexibility index (Phi) is 5.06. The van der Waals surface area contributed by atoms with Crippen molar-refractivity contribution in [3.05, 3.63) is 46.0 Å². The van der Waals surface area contributed by atoms with E-state index in [1.807, 2.05) is 6.08 Å². The van der Waals surface area contributed by atoms with Crippen molar-refractivity contribution in [1.29, 1.82) is 0 Å². The highest BCUT2D eigenvalue weighted by Crippen LogP contribution is 2.31. The van der Waals surface area contributed by atoms with Crippen LogP contribution in [0.2, 0.25) is 0 Å². The first-order valence-electron chi connectivity index (χ1n) is 10.0. The van der Waals surface area contributed by atoms with E-state index in [9.17, 15) is 20.1 Å². The van der Waals surface area contributed by atoms with Crippen molar-refractivity contribution >= 4 is 23.2 Å². The largest absolute Gasteiger partial charge is 0.508 e. The summed E-state index contributed by atoms with van der Waals surface area (Å²) in [6.07, 6.45) is -0.872. The number of nitrogen functional groups attached to an aromatic ring is 1. The molecule has 168 valence electrons. The lowest BCUT2D eigenvalue weighted by Crippen LogP contribution is -2.38. The fourth-order valence-electron chi connectivity index (χ4n) is 3.95. The monoisotopic (exact) mass is 442 g/mol. The Bertz CT molecular complexity index is 1250. The second-order valence-electron chi connectivity index (χ2n) is 7.77. The van der Waals surface area contributed by atoms with Crippen LogP contribution in [0.5, 0.6) is 11.5 Å². The maximum Gasteiger partial charge on any atom is 0.280 e. The molecular formula is C20H22N6O6. The molecule has 2 aliphatic rings. The van der Waals surface area contributed by atoms with Gasteiger partial charge in [-0.2, -0.15) is 4.98 Å². The Balaban J connectivity index is 1.26. The molecule has 1 aromatic carbocycles. The molecule has 12 heteroatoms. The molecule has 4 heterocycles. The fourth-order valence-corrected chi connectivity index (χ4v) is 3.95. The lowest BCUT2D eigenvalue weighted by Gasteiger charge is -2.20.